The quantitative estimate of drug-likeness (QED) is 0.875. The Morgan fingerprint density at radius 3 is 2.38 bits per heavy atom. The Labute approximate surface area is 132 Å². The van der Waals surface area contributed by atoms with Crippen molar-refractivity contribution in [1.29, 1.82) is 0 Å². The van der Waals surface area contributed by atoms with Gasteiger partial charge in [-0.2, -0.15) is 0 Å². The average molecular weight is 372 g/mol. The maximum Gasteiger partial charge on any atom is 0.265 e. The predicted octanol–water partition coefficient (Wildman–Crippen LogP) is 3.27. The van der Waals surface area contributed by atoms with Crippen LogP contribution in [0.3, 0.4) is 0 Å². The van der Waals surface area contributed by atoms with Crippen molar-refractivity contribution in [3.8, 4) is 11.5 Å². The molecule has 0 heterocycles. The van der Waals surface area contributed by atoms with Crippen molar-refractivity contribution in [1.82, 2.24) is 0 Å². The molecule has 0 spiro atoms. The Morgan fingerprint density at radius 1 is 1.05 bits per heavy atom. The van der Waals surface area contributed by atoms with Crippen LogP contribution in [0.25, 0.3) is 0 Å². The van der Waals surface area contributed by atoms with Crippen LogP contribution in [0.4, 0.5) is 5.69 Å². The van der Waals surface area contributed by atoms with Gasteiger partial charge in [0.2, 0.25) is 0 Å². The van der Waals surface area contributed by atoms with Crippen LogP contribution in [-0.4, -0.2) is 22.6 Å². The number of anilines is 1. The van der Waals surface area contributed by atoms with E-state index in [-0.39, 0.29) is 10.6 Å². The van der Waals surface area contributed by atoms with E-state index in [9.17, 15) is 8.42 Å². The number of ether oxygens (including phenoxy) is 2. The van der Waals surface area contributed by atoms with Crippen LogP contribution in [0.5, 0.6) is 11.5 Å². The van der Waals surface area contributed by atoms with Crippen LogP contribution in [-0.2, 0) is 10.0 Å². The Bertz CT molecular complexity index is 746. The third kappa shape index (κ3) is 3.48. The van der Waals surface area contributed by atoms with Gasteiger partial charge in [0.05, 0.1) is 19.9 Å². The van der Waals surface area contributed by atoms with E-state index in [1.807, 2.05) is 0 Å². The molecule has 0 aromatic heterocycles. The molecule has 5 nitrogen and oxygen atoms in total. The molecular weight excluding hydrogens is 358 g/mol. The molecule has 0 aliphatic heterocycles. The molecule has 0 fully saturated rings. The average Bonchev–Trinajstić information content (AvgIpc) is 2.48. The van der Waals surface area contributed by atoms with Gasteiger partial charge < -0.3 is 9.47 Å². The zero-order valence-electron chi connectivity index (χ0n) is 11.5. The minimum absolute atomic E-state index is 0.0140. The van der Waals surface area contributed by atoms with Crippen LogP contribution in [0.2, 0.25) is 0 Å². The molecule has 0 saturated carbocycles. The highest BCUT2D eigenvalue weighted by Gasteiger charge is 2.21. The van der Waals surface area contributed by atoms with Gasteiger partial charge in [-0.15, -0.1) is 0 Å². The second-order valence-electron chi connectivity index (χ2n) is 4.10. The molecule has 0 saturated heterocycles. The highest BCUT2D eigenvalue weighted by atomic mass is 79.9. The Balaban J connectivity index is 2.46. The maximum atomic E-state index is 12.5. The highest BCUT2D eigenvalue weighted by molar-refractivity contribution is 9.10. The summed E-state index contributed by atoms with van der Waals surface area (Å²) in [6.45, 7) is 0. The molecule has 0 amide bonds. The number of rotatable bonds is 5. The van der Waals surface area contributed by atoms with Crippen LogP contribution < -0.4 is 14.2 Å². The molecule has 7 heteroatoms. The number of halogens is 1. The third-order valence-corrected chi connectivity index (χ3v) is 4.86. The topological polar surface area (TPSA) is 64.6 Å². The summed E-state index contributed by atoms with van der Waals surface area (Å²) in [6, 6.07) is 11.6. The molecule has 0 aliphatic carbocycles. The molecule has 0 radical (unpaired) electrons. The third-order valence-electron chi connectivity index (χ3n) is 2.78. The molecule has 2 aromatic rings. The van der Waals surface area contributed by atoms with Crippen LogP contribution in [0.1, 0.15) is 0 Å². The summed E-state index contributed by atoms with van der Waals surface area (Å²) in [6.07, 6.45) is 0. The van der Waals surface area contributed by atoms with Gasteiger partial charge in [0.15, 0.2) is 0 Å². The maximum absolute atomic E-state index is 12.5. The smallest absolute Gasteiger partial charge is 0.265 e. The summed E-state index contributed by atoms with van der Waals surface area (Å²) in [7, 11) is -0.909. The summed E-state index contributed by atoms with van der Waals surface area (Å²) < 4.78 is 38.4. The summed E-state index contributed by atoms with van der Waals surface area (Å²) in [5.74, 6) is 0.679. The number of sulfonamides is 1. The molecule has 21 heavy (non-hydrogen) atoms. The normalized spacial score (nSPS) is 11.0. The first-order valence-corrected chi connectivity index (χ1v) is 8.25. The summed E-state index contributed by atoms with van der Waals surface area (Å²) in [5, 5.41) is 0. The lowest BCUT2D eigenvalue weighted by atomic mass is 10.3. The number of hydrogen-bond donors (Lipinski definition) is 1. The first-order valence-electron chi connectivity index (χ1n) is 5.97. The van der Waals surface area contributed by atoms with Gasteiger partial charge in [0.25, 0.3) is 10.0 Å². The summed E-state index contributed by atoms with van der Waals surface area (Å²) in [5.41, 5.74) is 0.447. The Morgan fingerprint density at radius 2 is 1.76 bits per heavy atom. The van der Waals surface area contributed by atoms with Crippen molar-refractivity contribution < 1.29 is 17.9 Å². The zero-order chi connectivity index (χ0) is 15.5. The van der Waals surface area contributed by atoms with Gasteiger partial charge in [-0.25, -0.2) is 8.42 Å². The monoisotopic (exact) mass is 371 g/mol. The fourth-order valence-corrected chi connectivity index (χ4v) is 3.52. The molecule has 0 bridgehead atoms. The lowest BCUT2D eigenvalue weighted by Crippen LogP contribution is -2.14. The fraction of sp³-hybridized carbons (Fsp3) is 0.143. The van der Waals surface area contributed by atoms with Crippen molar-refractivity contribution in [2.75, 3.05) is 18.9 Å². The van der Waals surface area contributed by atoms with Crippen molar-refractivity contribution >= 4 is 31.6 Å². The van der Waals surface area contributed by atoms with Crippen molar-refractivity contribution in [3.63, 3.8) is 0 Å². The van der Waals surface area contributed by atoms with Crippen molar-refractivity contribution in [2.24, 2.45) is 0 Å². The number of benzene rings is 2. The fourth-order valence-electron chi connectivity index (χ4n) is 1.74. The number of methoxy groups -OCH3 is 2. The standard InChI is InChI=1S/C14H14BrNO4S/c1-19-10-7-8-13(20-2)14(9-10)21(17,18)16-12-6-4-3-5-11(12)15/h3-9,16H,1-2H3. The lowest BCUT2D eigenvalue weighted by Gasteiger charge is -2.13. The van der Waals surface area contributed by atoms with Gasteiger partial charge >= 0.3 is 0 Å². The van der Waals surface area contributed by atoms with E-state index >= 15 is 0 Å². The largest absolute Gasteiger partial charge is 0.497 e. The van der Waals surface area contributed by atoms with Crippen LogP contribution >= 0.6 is 15.9 Å². The minimum atomic E-state index is -3.80. The van der Waals surface area contributed by atoms with Gasteiger partial charge in [0, 0.05) is 10.5 Å². The minimum Gasteiger partial charge on any atom is -0.497 e. The van der Waals surface area contributed by atoms with E-state index in [1.165, 1.54) is 20.3 Å². The van der Waals surface area contributed by atoms with Gasteiger partial charge in [0.1, 0.15) is 16.4 Å². The Kier molecular flexibility index (Phi) is 4.74. The molecule has 2 rings (SSSR count). The number of hydrogen-bond acceptors (Lipinski definition) is 4. The molecule has 0 atom stereocenters. The first kappa shape index (κ1) is 15.7. The van der Waals surface area contributed by atoms with Crippen LogP contribution in [0, 0.1) is 0 Å². The first-order chi connectivity index (χ1) is 9.97. The summed E-state index contributed by atoms with van der Waals surface area (Å²) >= 11 is 3.30. The van der Waals surface area contributed by atoms with Gasteiger partial charge in [-0.3, -0.25) is 4.72 Å². The molecule has 112 valence electrons. The predicted molar refractivity (Wildman–Crippen MR) is 84.5 cm³/mol. The van der Waals surface area contributed by atoms with E-state index in [2.05, 4.69) is 20.7 Å². The molecule has 0 aliphatic rings. The van der Waals surface area contributed by atoms with Gasteiger partial charge in [-0.1, -0.05) is 12.1 Å². The van der Waals surface area contributed by atoms with Gasteiger partial charge in [-0.05, 0) is 40.2 Å². The lowest BCUT2D eigenvalue weighted by molar-refractivity contribution is 0.392. The second kappa shape index (κ2) is 6.36. The number of para-hydroxylation sites is 1. The zero-order valence-corrected chi connectivity index (χ0v) is 13.9. The molecule has 0 unspecified atom stereocenters. The SMILES string of the molecule is COc1ccc(OC)c(S(=O)(=O)Nc2ccccc2Br)c1. The van der Waals surface area contributed by atoms with Crippen LogP contribution in [0.15, 0.2) is 51.8 Å². The van der Waals surface area contributed by atoms with Crippen molar-refractivity contribution in [2.45, 2.75) is 4.90 Å². The highest BCUT2D eigenvalue weighted by Crippen LogP contribution is 2.31. The Hall–Kier alpha value is -1.73. The summed E-state index contributed by atoms with van der Waals surface area (Å²) in [4.78, 5) is 0.0140. The molecular formula is C14H14BrNO4S. The molecule has 1 N–H and O–H groups in total. The number of nitrogens with one attached hydrogen (secondary N) is 1. The van der Waals surface area contributed by atoms with E-state index in [0.717, 1.165) is 0 Å². The second-order valence-corrected chi connectivity index (χ2v) is 6.61. The molecule has 2 aromatic carbocycles. The van der Waals surface area contributed by atoms with E-state index in [0.29, 0.717) is 15.9 Å². The van der Waals surface area contributed by atoms with E-state index in [4.69, 9.17) is 9.47 Å². The van der Waals surface area contributed by atoms with E-state index in [1.54, 1.807) is 36.4 Å². The van der Waals surface area contributed by atoms with E-state index < -0.39 is 10.0 Å². The van der Waals surface area contributed by atoms with Crippen molar-refractivity contribution in [3.05, 3.63) is 46.9 Å².